The van der Waals surface area contributed by atoms with Crippen molar-refractivity contribution >= 4 is 114 Å². The average Bonchev–Trinajstić information content (AvgIpc) is 2.83. The molecule has 0 amide bonds. The Labute approximate surface area is 303 Å². The van der Waals surface area contributed by atoms with Crippen molar-refractivity contribution in [2.45, 2.75) is 139 Å². The van der Waals surface area contributed by atoms with Crippen molar-refractivity contribution < 1.29 is 0 Å². The summed E-state index contributed by atoms with van der Waals surface area (Å²) in [7, 11) is -13.9. The zero-order chi connectivity index (χ0) is 36.7. The quantitative estimate of drug-likeness (QED) is 0.124. The van der Waals surface area contributed by atoms with E-state index in [0.717, 1.165) is 0 Å². The number of halogens is 1. The summed E-state index contributed by atoms with van der Waals surface area (Å²) in [5.41, 5.74) is 4.26. The molecule has 0 N–H and O–H groups in total. The molecule has 0 saturated carbocycles. The minimum atomic E-state index is -3.16. The molecule has 3 rings (SSSR count). The van der Waals surface area contributed by atoms with Crippen molar-refractivity contribution in [2.75, 3.05) is 0 Å². The van der Waals surface area contributed by atoms with Gasteiger partial charge in [0.2, 0.25) is 7.38 Å². The summed E-state index contributed by atoms with van der Waals surface area (Å²) >= 11 is 9.28. The van der Waals surface area contributed by atoms with Crippen LogP contribution in [0.3, 0.4) is 0 Å². The molecule has 0 saturated heterocycles. The smallest absolute Gasteiger partial charge is 0.149 e. The highest BCUT2D eigenvalue weighted by molar-refractivity contribution is 7.44. The number of benzene rings is 3. The summed E-state index contributed by atoms with van der Waals surface area (Å²) < 4.78 is 0. The summed E-state index contributed by atoms with van der Waals surface area (Å²) in [6, 6.07) is 15.0. The zero-order valence-electron chi connectivity index (χ0n) is 34.3. The molecule has 260 valence electrons. The van der Waals surface area contributed by atoms with Crippen LogP contribution in [-0.4, -0.2) is 55.8 Å². The number of aryl methyl sites for hydroxylation is 3. The van der Waals surface area contributed by atoms with Crippen LogP contribution in [0.4, 0.5) is 0 Å². The first-order valence-corrected chi connectivity index (χ1v) is 41.9. The van der Waals surface area contributed by atoms with Crippen molar-refractivity contribution in [3.63, 3.8) is 0 Å². The van der Waals surface area contributed by atoms with E-state index >= 15 is 0 Å². The van der Waals surface area contributed by atoms with E-state index in [-0.39, 0.29) is 0 Å². The second kappa shape index (κ2) is 12.9. The molecule has 0 bridgehead atoms. The second-order valence-electron chi connectivity index (χ2n) is 20.7. The van der Waals surface area contributed by atoms with Gasteiger partial charge < -0.3 is 0 Å². The maximum Gasteiger partial charge on any atom is 0.248 e. The second-order valence-corrected chi connectivity index (χ2v) is 55.3. The molecule has 3 aromatic carbocycles. The van der Waals surface area contributed by atoms with E-state index in [1.165, 1.54) is 16.7 Å². The lowest BCUT2D eigenvalue weighted by atomic mass is 10.2. The van der Waals surface area contributed by atoms with Gasteiger partial charge in [-0.05, 0) is 36.3 Å². The molecule has 0 nitrogen and oxygen atoms in total. The fourth-order valence-electron chi connectivity index (χ4n) is 8.04. The fourth-order valence-corrected chi connectivity index (χ4v) is 37.1. The van der Waals surface area contributed by atoms with Crippen LogP contribution in [-0.2, 0) is 0 Å². The largest absolute Gasteiger partial charge is 0.248 e. The van der Waals surface area contributed by atoms with Gasteiger partial charge in [0.25, 0.3) is 0 Å². The SMILES string of the molecule is Cc1ccc([Si](C)(C)C)c([Si](C)(C)C)c1[Si](Cl)(c1c(C)ccc([Si](C)(C)C)c1[Si](C)(C)C)c1c(C)ccc([Si](C)(C)C)c1[Si](C)(C)C. The van der Waals surface area contributed by atoms with Crippen LogP contribution < -0.4 is 46.7 Å². The van der Waals surface area contributed by atoms with Gasteiger partial charge >= 0.3 is 0 Å². The van der Waals surface area contributed by atoms with Crippen LogP contribution in [0.25, 0.3) is 0 Å². The lowest BCUT2D eigenvalue weighted by Crippen LogP contribution is -2.83. The van der Waals surface area contributed by atoms with Gasteiger partial charge in [-0.15, -0.1) is 11.1 Å². The Kier molecular flexibility index (Phi) is 11.2. The third-order valence-electron chi connectivity index (χ3n) is 9.95. The number of hydrogen-bond donors (Lipinski definition) is 0. The van der Waals surface area contributed by atoms with Gasteiger partial charge in [0, 0.05) is 0 Å². The molecule has 3 aromatic rings. The van der Waals surface area contributed by atoms with Crippen molar-refractivity contribution in [3.05, 3.63) is 53.1 Å². The molecule has 47 heavy (non-hydrogen) atoms. The van der Waals surface area contributed by atoms with E-state index in [9.17, 15) is 11.1 Å². The maximum absolute atomic E-state index is 9.28. The highest BCUT2D eigenvalue weighted by atomic mass is 35.6. The van der Waals surface area contributed by atoms with Crippen LogP contribution >= 0.6 is 11.1 Å². The molecular formula is C39H69ClSi7. The molecule has 0 aliphatic carbocycles. The lowest BCUT2D eigenvalue weighted by molar-refractivity contribution is 1.48. The van der Waals surface area contributed by atoms with Crippen molar-refractivity contribution in [1.29, 1.82) is 0 Å². The molecule has 0 radical (unpaired) electrons. The Morgan fingerprint density at radius 2 is 0.489 bits per heavy atom. The summed E-state index contributed by atoms with van der Waals surface area (Å²) in [5, 5.41) is 14.7. The van der Waals surface area contributed by atoms with E-state index in [0.29, 0.717) is 0 Å². The van der Waals surface area contributed by atoms with Gasteiger partial charge in [0.05, 0.1) is 48.4 Å². The van der Waals surface area contributed by atoms with E-state index in [1.54, 1.807) is 46.7 Å². The summed E-state index contributed by atoms with van der Waals surface area (Å²) in [5.74, 6) is 0. The van der Waals surface area contributed by atoms with E-state index in [1.807, 2.05) is 0 Å². The topological polar surface area (TPSA) is 0 Å². The highest BCUT2D eigenvalue weighted by Gasteiger charge is 2.51. The van der Waals surface area contributed by atoms with E-state index < -0.39 is 55.8 Å². The van der Waals surface area contributed by atoms with Crippen molar-refractivity contribution in [1.82, 2.24) is 0 Å². The standard InChI is InChI=1S/C39H69ClSi7/c1-28-22-25-31(41(4,5)6)37(44(13,14)15)34(28)47(40,35-29(2)23-26-32(42(7,8)9)38(35)45(16,17)18)36-30(3)24-27-33(43(10,11)12)39(36)46(19,20)21/h22-27H,1-21H3. The summed E-state index contributed by atoms with van der Waals surface area (Å²) in [4.78, 5) is 0. The monoisotopic (exact) mass is 768 g/mol. The van der Waals surface area contributed by atoms with E-state index in [2.05, 4.69) is 175 Å². The number of rotatable bonds is 9. The van der Waals surface area contributed by atoms with Crippen LogP contribution in [0, 0.1) is 20.8 Å². The third-order valence-corrected chi connectivity index (χ3v) is 29.3. The maximum atomic E-state index is 9.28. The van der Waals surface area contributed by atoms with E-state index in [4.69, 9.17) is 0 Å². The van der Waals surface area contributed by atoms with Crippen molar-refractivity contribution in [2.24, 2.45) is 0 Å². The molecule has 0 heterocycles. The van der Waals surface area contributed by atoms with Gasteiger partial charge in [0.15, 0.2) is 0 Å². The van der Waals surface area contributed by atoms with Gasteiger partial charge in [-0.25, -0.2) is 0 Å². The van der Waals surface area contributed by atoms with Crippen LogP contribution in [0.1, 0.15) is 16.7 Å². The van der Waals surface area contributed by atoms with Gasteiger partial charge in [-0.3, -0.25) is 0 Å². The molecule has 0 fully saturated rings. The zero-order valence-corrected chi connectivity index (χ0v) is 42.1. The Hall–Kier alpha value is -0.532. The fraction of sp³-hybridized carbons (Fsp3) is 0.538. The molecule has 0 aromatic heterocycles. The first kappa shape index (κ1) is 40.9. The third kappa shape index (κ3) is 7.87. The molecule has 0 aliphatic heterocycles. The summed E-state index contributed by atoms with van der Waals surface area (Å²) in [6.45, 7) is 53.6. The molecule has 0 unspecified atom stereocenters. The normalized spacial score (nSPS) is 14.2. The first-order valence-electron chi connectivity index (χ1n) is 17.9. The minimum absolute atomic E-state index is 1.42. The van der Waals surface area contributed by atoms with Crippen LogP contribution in [0.15, 0.2) is 36.4 Å². The molecular weight excluding hydrogens is 700 g/mol. The Balaban J connectivity index is 3.02. The summed E-state index contributed by atoms with van der Waals surface area (Å²) in [6.07, 6.45) is 0. The Morgan fingerprint density at radius 3 is 0.638 bits per heavy atom. The van der Waals surface area contributed by atoms with Crippen LogP contribution in [0.2, 0.25) is 118 Å². The number of hydrogen-bond acceptors (Lipinski definition) is 0. The predicted octanol–water partition coefficient (Wildman–Crippen LogP) is 7.09. The Bertz CT molecular complexity index is 1470. The first-order chi connectivity index (χ1) is 20.8. The van der Waals surface area contributed by atoms with Gasteiger partial charge in [0.1, 0.15) is 0 Å². The lowest BCUT2D eigenvalue weighted by Gasteiger charge is -2.44. The van der Waals surface area contributed by atoms with Crippen molar-refractivity contribution in [3.8, 4) is 0 Å². The molecule has 8 heteroatoms. The van der Waals surface area contributed by atoms with Gasteiger partial charge in [-0.2, -0.15) is 0 Å². The van der Waals surface area contributed by atoms with Gasteiger partial charge in [-0.1, -0.05) is 202 Å². The molecule has 0 atom stereocenters. The van der Waals surface area contributed by atoms with Crippen LogP contribution in [0.5, 0.6) is 0 Å². The Morgan fingerprint density at radius 1 is 0.298 bits per heavy atom. The molecule has 0 spiro atoms. The highest BCUT2D eigenvalue weighted by Crippen LogP contribution is 2.22. The predicted molar refractivity (Wildman–Crippen MR) is 242 cm³/mol. The minimum Gasteiger partial charge on any atom is -0.149 e. The average molecular weight is 770 g/mol. The molecule has 0 aliphatic rings.